The Bertz CT molecular complexity index is 1040. The highest BCUT2D eigenvalue weighted by Crippen LogP contribution is 2.20. The van der Waals surface area contributed by atoms with Crippen LogP contribution in [0, 0.1) is 0 Å². The first-order valence-corrected chi connectivity index (χ1v) is 10.2. The Hall–Kier alpha value is -3.51. The van der Waals surface area contributed by atoms with Crippen molar-refractivity contribution in [2.24, 2.45) is 0 Å². The second-order valence-electron chi connectivity index (χ2n) is 6.78. The topological polar surface area (TPSA) is 79.5 Å². The maximum absolute atomic E-state index is 12.6. The number of benzene rings is 3. The molecule has 31 heavy (non-hydrogen) atoms. The number of hydrogen-bond donors (Lipinski definition) is 3. The highest BCUT2D eigenvalue weighted by molar-refractivity contribution is 6.33. The zero-order valence-electron chi connectivity index (χ0n) is 17.2. The Morgan fingerprint density at radius 1 is 0.903 bits per heavy atom. The van der Waals surface area contributed by atoms with E-state index in [4.69, 9.17) is 16.3 Å². The summed E-state index contributed by atoms with van der Waals surface area (Å²) >= 11 is 6.09. The summed E-state index contributed by atoms with van der Waals surface area (Å²) in [5, 5.41) is 9.21. The smallest absolute Gasteiger partial charge is 0.253 e. The maximum Gasteiger partial charge on any atom is 0.253 e. The molecule has 0 unspecified atom stereocenters. The van der Waals surface area contributed by atoms with E-state index in [1.54, 1.807) is 43.5 Å². The minimum Gasteiger partial charge on any atom is -0.497 e. The molecule has 7 heteroatoms. The predicted molar refractivity (Wildman–Crippen MR) is 124 cm³/mol. The van der Waals surface area contributed by atoms with E-state index in [0.717, 1.165) is 11.3 Å². The van der Waals surface area contributed by atoms with Crippen molar-refractivity contribution in [1.29, 1.82) is 0 Å². The second kappa shape index (κ2) is 11.0. The Morgan fingerprint density at radius 3 is 2.29 bits per heavy atom. The molecule has 0 radical (unpaired) electrons. The van der Waals surface area contributed by atoms with E-state index in [0.29, 0.717) is 34.9 Å². The SMILES string of the molecule is COc1ccc(CCNC(=O)c2ccccc2NC(=O)CNc2ccccc2Cl)cc1. The molecule has 0 bridgehead atoms. The highest BCUT2D eigenvalue weighted by atomic mass is 35.5. The van der Waals surface area contributed by atoms with E-state index in [9.17, 15) is 9.59 Å². The number of carbonyl (C=O) groups is 2. The number of anilines is 2. The molecule has 0 aromatic heterocycles. The number of carbonyl (C=O) groups excluding carboxylic acids is 2. The molecule has 0 heterocycles. The lowest BCUT2D eigenvalue weighted by atomic mass is 10.1. The van der Waals surface area contributed by atoms with Gasteiger partial charge >= 0.3 is 0 Å². The Balaban J connectivity index is 1.54. The van der Waals surface area contributed by atoms with Gasteiger partial charge in [0.2, 0.25) is 5.91 Å². The lowest BCUT2D eigenvalue weighted by Crippen LogP contribution is -2.28. The lowest BCUT2D eigenvalue weighted by molar-refractivity contribution is -0.114. The van der Waals surface area contributed by atoms with Crippen LogP contribution < -0.4 is 20.7 Å². The molecule has 0 aliphatic heterocycles. The molecule has 3 rings (SSSR count). The average Bonchev–Trinajstić information content (AvgIpc) is 2.79. The van der Waals surface area contributed by atoms with Gasteiger partial charge < -0.3 is 20.7 Å². The van der Waals surface area contributed by atoms with Crippen LogP contribution in [0.25, 0.3) is 0 Å². The number of ether oxygens (including phenoxy) is 1. The molecule has 0 fully saturated rings. The van der Waals surface area contributed by atoms with Gasteiger partial charge in [-0.15, -0.1) is 0 Å². The number of halogens is 1. The maximum atomic E-state index is 12.6. The van der Waals surface area contributed by atoms with Crippen molar-refractivity contribution in [3.8, 4) is 5.75 Å². The van der Waals surface area contributed by atoms with Gasteiger partial charge in [-0.25, -0.2) is 0 Å². The molecule has 0 atom stereocenters. The first-order chi connectivity index (χ1) is 15.1. The third-order valence-corrected chi connectivity index (χ3v) is 4.95. The van der Waals surface area contributed by atoms with E-state index in [1.807, 2.05) is 36.4 Å². The summed E-state index contributed by atoms with van der Waals surface area (Å²) in [6.07, 6.45) is 0.687. The standard InChI is InChI=1S/C24H24ClN3O3/c1-31-18-12-10-17(11-13-18)14-15-26-24(30)19-6-2-4-8-21(19)28-23(29)16-27-22-9-5-3-7-20(22)25/h2-13,27H,14-16H2,1H3,(H,26,30)(H,28,29). The molecule has 3 aromatic rings. The van der Waals surface area contributed by atoms with Crippen LogP contribution in [0.3, 0.4) is 0 Å². The third kappa shape index (κ3) is 6.49. The van der Waals surface area contributed by atoms with Crippen LogP contribution in [0.2, 0.25) is 5.02 Å². The fraction of sp³-hybridized carbons (Fsp3) is 0.167. The Kier molecular flexibility index (Phi) is 7.90. The van der Waals surface area contributed by atoms with E-state index in [-0.39, 0.29) is 18.4 Å². The van der Waals surface area contributed by atoms with Gasteiger partial charge in [0.15, 0.2) is 0 Å². The Morgan fingerprint density at radius 2 is 1.58 bits per heavy atom. The van der Waals surface area contributed by atoms with Crippen molar-refractivity contribution in [2.45, 2.75) is 6.42 Å². The van der Waals surface area contributed by atoms with Gasteiger partial charge in [0.25, 0.3) is 5.91 Å². The molecule has 0 spiro atoms. The largest absolute Gasteiger partial charge is 0.497 e. The molecule has 0 saturated heterocycles. The zero-order chi connectivity index (χ0) is 22.1. The molecule has 0 aliphatic rings. The molecular weight excluding hydrogens is 414 g/mol. The van der Waals surface area contributed by atoms with E-state index < -0.39 is 0 Å². The lowest BCUT2D eigenvalue weighted by Gasteiger charge is -2.13. The average molecular weight is 438 g/mol. The van der Waals surface area contributed by atoms with Crippen molar-refractivity contribution in [2.75, 3.05) is 30.8 Å². The van der Waals surface area contributed by atoms with Gasteiger partial charge in [-0.05, 0) is 48.4 Å². The van der Waals surface area contributed by atoms with Gasteiger partial charge in [-0.1, -0.05) is 48.0 Å². The summed E-state index contributed by atoms with van der Waals surface area (Å²) in [7, 11) is 1.62. The summed E-state index contributed by atoms with van der Waals surface area (Å²) in [6.45, 7) is 0.499. The van der Waals surface area contributed by atoms with Gasteiger partial charge in [-0.2, -0.15) is 0 Å². The van der Waals surface area contributed by atoms with Crippen LogP contribution in [0.1, 0.15) is 15.9 Å². The minimum atomic E-state index is -0.279. The number of methoxy groups -OCH3 is 1. The second-order valence-corrected chi connectivity index (χ2v) is 7.19. The fourth-order valence-corrected chi connectivity index (χ4v) is 3.17. The van der Waals surface area contributed by atoms with Gasteiger partial charge in [-0.3, -0.25) is 9.59 Å². The summed E-state index contributed by atoms with van der Waals surface area (Å²) < 4.78 is 5.15. The van der Waals surface area contributed by atoms with Crippen LogP contribution in [-0.2, 0) is 11.2 Å². The van der Waals surface area contributed by atoms with Crippen LogP contribution in [0.4, 0.5) is 11.4 Å². The van der Waals surface area contributed by atoms with Gasteiger partial charge in [0, 0.05) is 6.54 Å². The first-order valence-electron chi connectivity index (χ1n) is 9.85. The number of amides is 2. The van der Waals surface area contributed by atoms with Crippen molar-refractivity contribution in [3.63, 3.8) is 0 Å². The molecule has 6 nitrogen and oxygen atoms in total. The number of hydrogen-bond acceptors (Lipinski definition) is 4. The number of nitrogens with one attached hydrogen (secondary N) is 3. The van der Waals surface area contributed by atoms with Crippen molar-refractivity contribution < 1.29 is 14.3 Å². The predicted octanol–water partition coefficient (Wildman–Crippen LogP) is 4.37. The van der Waals surface area contributed by atoms with Crippen molar-refractivity contribution in [1.82, 2.24) is 5.32 Å². The number of rotatable bonds is 9. The number of para-hydroxylation sites is 2. The molecule has 3 aromatic carbocycles. The van der Waals surface area contributed by atoms with E-state index >= 15 is 0 Å². The fourth-order valence-electron chi connectivity index (χ4n) is 2.97. The summed E-state index contributed by atoms with van der Waals surface area (Å²) in [5.74, 6) is 0.267. The van der Waals surface area contributed by atoms with Gasteiger partial charge in [0.1, 0.15) is 5.75 Å². The molecule has 3 N–H and O–H groups in total. The first kappa shape index (κ1) is 22.2. The zero-order valence-corrected chi connectivity index (χ0v) is 17.9. The quantitative estimate of drug-likeness (QED) is 0.464. The van der Waals surface area contributed by atoms with Crippen LogP contribution in [-0.4, -0.2) is 32.0 Å². The van der Waals surface area contributed by atoms with Crippen LogP contribution in [0.5, 0.6) is 5.75 Å². The monoisotopic (exact) mass is 437 g/mol. The third-order valence-electron chi connectivity index (χ3n) is 4.62. The molecule has 160 valence electrons. The molecule has 0 aliphatic carbocycles. The Labute approximate surface area is 186 Å². The molecule has 2 amide bonds. The van der Waals surface area contributed by atoms with Crippen molar-refractivity contribution >= 4 is 34.8 Å². The molecule has 0 saturated carbocycles. The normalized spacial score (nSPS) is 10.3. The van der Waals surface area contributed by atoms with Gasteiger partial charge in [0.05, 0.1) is 35.6 Å². The van der Waals surface area contributed by atoms with E-state index in [1.165, 1.54) is 0 Å². The summed E-state index contributed by atoms with van der Waals surface area (Å²) in [6, 6.07) is 21.8. The van der Waals surface area contributed by atoms with Crippen LogP contribution >= 0.6 is 11.6 Å². The molecular formula is C24H24ClN3O3. The summed E-state index contributed by atoms with van der Waals surface area (Å²) in [4.78, 5) is 25.0. The van der Waals surface area contributed by atoms with Crippen LogP contribution in [0.15, 0.2) is 72.8 Å². The highest BCUT2D eigenvalue weighted by Gasteiger charge is 2.13. The summed E-state index contributed by atoms with van der Waals surface area (Å²) in [5.41, 5.74) is 2.62. The van der Waals surface area contributed by atoms with E-state index in [2.05, 4.69) is 16.0 Å². The van der Waals surface area contributed by atoms with Crippen molar-refractivity contribution in [3.05, 3.63) is 88.9 Å². The minimum absolute atomic E-state index is 0.0250.